The van der Waals surface area contributed by atoms with E-state index in [-0.39, 0.29) is 29.0 Å². The Hall–Kier alpha value is -4.58. The highest BCUT2D eigenvalue weighted by molar-refractivity contribution is 6.14. The largest absolute Gasteiger partial charge is 0.364 e. The van der Waals surface area contributed by atoms with Crippen LogP contribution in [0.4, 0.5) is 14.5 Å². The minimum atomic E-state index is -0.444. The second-order valence-corrected chi connectivity index (χ2v) is 12.0. The first-order chi connectivity index (χ1) is 22.7. The van der Waals surface area contributed by atoms with Gasteiger partial charge in [-0.2, -0.15) is 0 Å². The summed E-state index contributed by atoms with van der Waals surface area (Å²) in [5.41, 5.74) is 6.40. The molecule has 1 unspecified atom stereocenters. The summed E-state index contributed by atoms with van der Waals surface area (Å²) in [5, 5.41) is 8.76. The first-order valence-corrected chi connectivity index (χ1v) is 16.6. The fraction of sp³-hybridized carbons (Fsp3) is 0.317. The number of anilines is 1. The van der Waals surface area contributed by atoms with Crippen molar-refractivity contribution in [3.8, 4) is 0 Å². The zero-order valence-electron chi connectivity index (χ0n) is 28.5. The Morgan fingerprint density at radius 3 is 2.26 bits per heavy atom. The number of piperidine rings is 1. The molecule has 246 valence electrons. The lowest BCUT2D eigenvalue weighted by atomic mass is 9.88. The SMILES string of the molecule is C/C=C(\C)c1cc(C(=O)N2CCC(C(C)N(Cc3cccc(F)c3)c3ccccc3C)CC2)ccc1C(=N)c1ccccc1F.CC. The highest BCUT2D eigenvalue weighted by Gasteiger charge is 2.31. The molecule has 4 aromatic rings. The van der Waals surface area contributed by atoms with Gasteiger partial charge in [-0.05, 0) is 111 Å². The van der Waals surface area contributed by atoms with Gasteiger partial charge in [0.05, 0.1) is 5.71 Å². The predicted octanol–water partition coefficient (Wildman–Crippen LogP) is 10.1. The van der Waals surface area contributed by atoms with Gasteiger partial charge >= 0.3 is 0 Å². The van der Waals surface area contributed by atoms with E-state index in [1.165, 1.54) is 17.7 Å². The van der Waals surface area contributed by atoms with Crippen LogP contribution in [0.5, 0.6) is 0 Å². The molecule has 6 heteroatoms. The smallest absolute Gasteiger partial charge is 0.253 e. The maximum Gasteiger partial charge on any atom is 0.253 e. The van der Waals surface area contributed by atoms with Crippen LogP contribution in [0.2, 0.25) is 0 Å². The lowest BCUT2D eigenvalue weighted by Gasteiger charge is -2.41. The summed E-state index contributed by atoms with van der Waals surface area (Å²) in [6, 6.07) is 27.0. The van der Waals surface area contributed by atoms with Gasteiger partial charge in [-0.3, -0.25) is 10.2 Å². The average Bonchev–Trinajstić information content (AvgIpc) is 3.10. The quantitative estimate of drug-likeness (QED) is 0.186. The molecule has 0 aromatic heterocycles. The van der Waals surface area contributed by atoms with Gasteiger partial charge in [0.2, 0.25) is 0 Å². The van der Waals surface area contributed by atoms with E-state index in [0.717, 1.165) is 35.2 Å². The van der Waals surface area contributed by atoms with Gasteiger partial charge < -0.3 is 9.80 Å². The predicted molar refractivity (Wildman–Crippen MR) is 191 cm³/mol. The Balaban J connectivity index is 0.00000245. The number of amides is 1. The van der Waals surface area contributed by atoms with Crippen LogP contribution >= 0.6 is 0 Å². The Labute approximate surface area is 279 Å². The number of rotatable bonds is 9. The van der Waals surface area contributed by atoms with E-state index in [1.54, 1.807) is 42.5 Å². The van der Waals surface area contributed by atoms with Gasteiger partial charge in [0.25, 0.3) is 5.91 Å². The summed E-state index contributed by atoms with van der Waals surface area (Å²) in [7, 11) is 0. The van der Waals surface area contributed by atoms with Crippen molar-refractivity contribution >= 4 is 22.9 Å². The molecule has 1 fully saturated rings. The third-order valence-corrected chi connectivity index (χ3v) is 9.20. The number of nitrogens with one attached hydrogen (secondary N) is 1. The van der Waals surface area contributed by atoms with Crippen LogP contribution in [0.1, 0.15) is 85.6 Å². The van der Waals surface area contributed by atoms with E-state index in [2.05, 4.69) is 30.9 Å². The second kappa shape index (κ2) is 16.3. The lowest BCUT2D eigenvalue weighted by Crippen LogP contribution is -2.46. The minimum absolute atomic E-state index is 0.0363. The topological polar surface area (TPSA) is 47.4 Å². The van der Waals surface area contributed by atoms with E-state index < -0.39 is 5.82 Å². The van der Waals surface area contributed by atoms with Crippen molar-refractivity contribution in [3.05, 3.63) is 142 Å². The number of hydrogen-bond acceptors (Lipinski definition) is 3. The molecule has 1 aliphatic heterocycles. The van der Waals surface area contributed by atoms with E-state index in [9.17, 15) is 13.6 Å². The van der Waals surface area contributed by atoms with Crippen molar-refractivity contribution in [2.75, 3.05) is 18.0 Å². The van der Waals surface area contributed by atoms with Crippen molar-refractivity contribution < 1.29 is 13.6 Å². The summed E-state index contributed by atoms with van der Waals surface area (Å²) in [6.45, 7) is 14.1. The number of hydrogen-bond donors (Lipinski definition) is 1. The zero-order valence-corrected chi connectivity index (χ0v) is 28.5. The molecule has 4 nitrogen and oxygen atoms in total. The average molecular weight is 636 g/mol. The Morgan fingerprint density at radius 1 is 0.915 bits per heavy atom. The van der Waals surface area contributed by atoms with Crippen LogP contribution in [0.15, 0.2) is 97.1 Å². The van der Waals surface area contributed by atoms with Gasteiger partial charge in [-0.15, -0.1) is 0 Å². The fourth-order valence-corrected chi connectivity index (χ4v) is 6.37. The highest BCUT2D eigenvalue weighted by Crippen LogP contribution is 2.32. The summed E-state index contributed by atoms with van der Waals surface area (Å²) < 4.78 is 28.6. The van der Waals surface area contributed by atoms with Gasteiger partial charge in [0.15, 0.2) is 0 Å². The van der Waals surface area contributed by atoms with Gasteiger partial charge in [-0.1, -0.05) is 68.5 Å². The lowest BCUT2D eigenvalue weighted by molar-refractivity contribution is 0.0679. The fourth-order valence-electron chi connectivity index (χ4n) is 6.37. The number of allylic oxidation sites excluding steroid dienone is 2. The summed E-state index contributed by atoms with van der Waals surface area (Å²) in [4.78, 5) is 18.1. The van der Waals surface area contributed by atoms with E-state index in [4.69, 9.17) is 5.41 Å². The molecule has 0 bridgehead atoms. The van der Waals surface area contributed by atoms with E-state index in [1.807, 2.05) is 62.9 Å². The number of nitrogens with zero attached hydrogens (tertiary/aromatic N) is 2. The van der Waals surface area contributed by atoms with E-state index in [0.29, 0.717) is 36.7 Å². The number of para-hydroxylation sites is 1. The normalized spacial score (nSPS) is 14.2. The zero-order chi connectivity index (χ0) is 34.1. The van der Waals surface area contributed by atoms with Crippen molar-refractivity contribution in [1.29, 1.82) is 5.41 Å². The molecule has 1 saturated heterocycles. The van der Waals surface area contributed by atoms with Crippen molar-refractivity contribution in [1.82, 2.24) is 4.90 Å². The van der Waals surface area contributed by atoms with Crippen molar-refractivity contribution in [2.24, 2.45) is 5.92 Å². The molecule has 0 radical (unpaired) electrons. The maximum absolute atomic E-state index is 14.5. The molecule has 1 heterocycles. The first kappa shape index (κ1) is 35.3. The van der Waals surface area contributed by atoms with E-state index >= 15 is 0 Å². The number of carbonyl (C=O) groups is 1. The molecule has 0 spiro atoms. The molecule has 4 aromatic carbocycles. The van der Waals surface area contributed by atoms with Crippen LogP contribution < -0.4 is 4.90 Å². The standard InChI is InChI=1S/C39H41F2N3O.C2H6/c1-5-26(2)35-24-31(17-18-33(35)38(42)34-14-7-8-15-36(34)41)39(45)43-21-19-30(20-22-43)28(4)44(37-16-9-6-11-27(37)3)25-29-12-10-13-32(40)23-29;1-2/h5-18,23-24,28,30,42H,19-22,25H2,1-4H3;1-2H3/b26-5+,42-38?;. The summed E-state index contributed by atoms with van der Waals surface area (Å²) in [6.07, 6.45) is 3.66. The van der Waals surface area contributed by atoms with Crippen LogP contribution in [-0.2, 0) is 6.54 Å². The summed E-state index contributed by atoms with van der Waals surface area (Å²) in [5.74, 6) is -0.361. The third-order valence-electron chi connectivity index (χ3n) is 9.20. The molecule has 1 aliphatic rings. The molecule has 0 saturated carbocycles. The minimum Gasteiger partial charge on any atom is -0.364 e. The van der Waals surface area contributed by atoms with Crippen LogP contribution in [0, 0.1) is 29.9 Å². The monoisotopic (exact) mass is 635 g/mol. The first-order valence-electron chi connectivity index (χ1n) is 16.6. The molecule has 1 amide bonds. The van der Waals surface area contributed by atoms with Crippen molar-refractivity contribution in [2.45, 2.75) is 67.0 Å². The summed E-state index contributed by atoms with van der Waals surface area (Å²) >= 11 is 0. The number of halogens is 2. The Kier molecular flexibility index (Phi) is 12.2. The molecule has 1 atom stereocenters. The molecule has 5 rings (SSSR count). The number of benzene rings is 4. The molecule has 1 N–H and O–H groups in total. The van der Waals surface area contributed by atoms with Crippen molar-refractivity contribution in [3.63, 3.8) is 0 Å². The number of aryl methyl sites for hydroxylation is 1. The van der Waals surface area contributed by atoms with Crippen LogP contribution in [0.25, 0.3) is 5.57 Å². The molecule has 0 aliphatic carbocycles. The maximum atomic E-state index is 14.5. The van der Waals surface area contributed by atoms with Crippen LogP contribution in [0.3, 0.4) is 0 Å². The Bertz CT molecular complexity index is 1720. The third kappa shape index (κ3) is 8.23. The molecular formula is C41H47F2N3O. The second-order valence-electron chi connectivity index (χ2n) is 12.0. The number of carbonyl (C=O) groups excluding carboxylic acids is 1. The number of likely N-dealkylation sites (tertiary alicyclic amines) is 1. The van der Waals surface area contributed by atoms with Gasteiger partial charge in [0, 0.05) is 48.1 Å². The highest BCUT2D eigenvalue weighted by atomic mass is 19.1. The van der Waals surface area contributed by atoms with Crippen LogP contribution in [-0.4, -0.2) is 35.7 Å². The Morgan fingerprint density at radius 2 is 1.60 bits per heavy atom. The van der Waals surface area contributed by atoms with Gasteiger partial charge in [-0.25, -0.2) is 8.78 Å². The molecular weight excluding hydrogens is 588 g/mol. The molecule has 47 heavy (non-hydrogen) atoms. The van der Waals surface area contributed by atoms with Gasteiger partial charge in [0.1, 0.15) is 11.6 Å².